The summed E-state index contributed by atoms with van der Waals surface area (Å²) in [5.41, 5.74) is 3.01. The maximum Gasteiger partial charge on any atom is 0.254 e. The molecule has 36 heavy (non-hydrogen) atoms. The van der Waals surface area contributed by atoms with E-state index in [4.69, 9.17) is 9.47 Å². The van der Waals surface area contributed by atoms with Crippen LogP contribution >= 0.6 is 0 Å². The van der Waals surface area contributed by atoms with Crippen LogP contribution < -0.4 is 14.8 Å². The highest BCUT2D eigenvalue weighted by atomic mass is 16.5. The first-order valence-electron chi connectivity index (χ1n) is 13.1. The van der Waals surface area contributed by atoms with Crippen LogP contribution in [0.25, 0.3) is 0 Å². The Balaban J connectivity index is 1.30. The molecule has 2 aliphatic rings. The van der Waals surface area contributed by atoms with Gasteiger partial charge in [0.25, 0.3) is 5.91 Å². The standard InChI is InChI=1S/C29H39N3O4/c1-21-8-6-7-13-32(21)20-24-10-5-4-9-23(24)19-30-28(33)22-11-14-31(15-12-22)29(34)25-16-26(35-2)18-27(17-25)36-3/h4-5,9-10,16-18,21-22H,6-8,11-15,19-20H2,1-3H3,(H,30,33). The van der Waals surface area contributed by atoms with E-state index in [0.29, 0.717) is 55.6 Å². The molecule has 7 heteroatoms. The topological polar surface area (TPSA) is 71.1 Å². The number of hydrogen-bond acceptors (Lipinski definition) is 5. The highest BCUT2D eigenvalue weighted by Crippen LogP contribution is 2.26. The van der Waals surface area contributed by atoms with Crippen molar-refractivity contribution >= 4 is 11.8 Å². The molecular weight excluding hydrogens is 454 g/mol. The summed E-state index contributed by atoms with van der Waals surface area (Å²) in [5, 5.41) is 3.17. The zero-order valence-electron chi connectivity index (χ0n) is 21.8. The fraction of sp³-hybridized carbons (Fsp3) is 0.517. The first kappa shape index (κ1) is 26.0. The molecule has 7 nitrogen and oxygen atoms in total. The molecule has 1 atom stereocenters. The van der Waals surface area contributed by atoms with Crippen LogP contribution in [0, 0.1) is 5.92 Å². The quantitative estimate of drug-likeness (QED) is 0.596. The molecule has 2 amide bonds. The van der Waals surface area contributed by atoms with Gasteiger partial charge in [0.2, 0.25) is 5.91 Å². The highest BCUT2D eigenvalue weighted by molar-refractivity contribution is 5.95. The first-order valence-corrected chi connectivity index (χ1v) is 13.1. The molecule has 4 rings (SSSR count). The van der Waals surface area contributed by atoms with Gasteiger partial charge in [0.15, 0.2) is 0 Å². The zero-order valence-corrected chi connectivity index (χ0v) is 21.8. The molecule has 2 fully saturated rings. The Labute approximate surface area is 214 Å². The number of ether oxygens (including phenoxy) is 2. The molecule has 0 bridgehead atoms. The zero-order chi connectivity index (χ0) is 25.5. The largest absolute Gasteiger partial charge is 0.497 e. The average Bonchev–Trinajstić information content (AvgIpc) is 2.93. The fourth-order valence-corrected chi connectivity index (χ4v) is 5.28. The second-order valence-electron chi connectivity index (χ2n) is 9.97. The van der Waals surface area contributed by atoms with E-state index in [-0.39, 0.29) is 17.7 Å². The molecule has 0 spiro atoms. The number of benzene rings is 2. The summed E-state index contributed by atoms with van der Waals surface area (Å²) in [6.45, 7) is 6.04. The van der Waals surface area contributed by atoms with Crippen molar-refractivity contribution in [1.82, 2.24) is 15.1 Å². The Hall–Kier alpha value is -3.06. The second kappa shape index (κ2) is 12.3. The van der Waals surface area contributed by atoms with Crippen LogP contribution in [-0.4, -0.2) is 61.5 Å². The van der Waals surface area contributed by atoms with E-state index in [2.05, 4.69) is 35.3 Å². The van der Waals surface area contributed by atoms with E-state index in [1.54, 1.807) is 32.4 Å². The predicted octanol–water partition coefficient (Wildman–Crippen LogP) is 4.25. The molecule has 2 aromatic carbocycles. The molecule has 0 aromatic heterocycles. The van der Waals surface area contributed by atoms with Gasteiger partial charge in [-0.3, -0.25) is 14.5 Å². The van der Waals surface area contributed by atoms with E-state index in [1.165, 1.54) is 30.4 Å². The molecule has 0 aliphatic carbocycles. The van der Waals surface area contributed by atoms with Crippen molar-refractivity contribution in [1.29, 1.82) is 0 Å². The summed E-state index contributed by atoms with van der Waals surface area (Å²) in [7, 11) is 3.14. The number of carbonyl (C=O) groups excluding carboxylic acids is 2. The Morgan fingerprint density at radius 2 is 1.58 bits per heavy atom. The minimum atomic E-state index is -0.0804. The summed E-state index contributed by atoms with van der Waals surface area (Å²) in [4.78, 5) is 30.4. The van der Waals surface area contributed by atoms with E-state index < -0.39 is 0 Å². The van der Waals surface area contributed by atoms with E-state index in [1.807, 2.05) is 11.0 Å². The lowest BCUT2D eigenvalue weighted by Crippen LogP contribution is -2.43. The van der Waals surface area contributed by atoms with Crippen molar-refractivity contribution in [3.8, 4) is 11.5 Å². The number of likely N-dealkylation sites (tertiary alicyclic amines) is 2. The Morgan fingerprint density at radius 3 is 2.22 bits per heavy atom. The van der Waals surface area contributed by atoms with Gasteiger partial charge in [-0.25, -0.2) is 0 Å². The van der Waals surface area contributed by atoms with Gasteiger partial charge in [-0.1, -0.05) is 30.7 Å². The lowest BCUT2D eigenvalue weighted by molar-refractivity contribution is -0.126. The van der Waals surface area contributed by atoms with E-state index >= 15 is 0 Å². The third-order valence-corrected chi connectivity index (χ3v) is 7.64. The number of methoxy groups -OCH3 is 2. The van der Waals surface area contributed by atoms with Gasteiger partial charge in [0.1, 0.15) is 11.5 Å². The van der Waals surface area contributed by atoms with Crippen LogP contribution in [0.5, 0.6) is 11.5 Å². The second-order valence-corrected chi connectivity index (χ2v) is 9.97. The van der Waals surface area contributed by atoms with Gasteiger partial charge >= 0.3 is 0 Å². The monoisotopic (exact) mass is 493 g/mol. The van der Waals surface area contributed by atoms with E-state index in [9.17, 15) is 9.59 Å². The summed E-state index contributed by atoms with van der Waals surface area (Å²) in [5.74, 6) is 1.10. The highest BCUT2D eigenvalue weighted by Gasteiger charge is 2.28. The van der Waals surface area contributed by atoms with Gasteiger partial charge < -0.3 is 19.7 Å². The minimum Gasteiger partial charge on any atom is -0.497 e. The Bertz CT molecular complexity index is 1030. The molecule has 2 saturated heterocycles. The summed E-state index contributed by atoms with van der Waals surface area (Å²) in [6, 6.07) is 14.2. The molecule has 2 aliphatic heterocycles. The summed E-state index contributed by atoms with van der Waals surface area (Å²) >= 11 is 0. The SMILES string of the molecule is COc1cc(OC)cc(C(=O)N2CCC(C(=O)NCc3ccccc3CN3CCCCC3C)CC2)c1. The van der Waals surface area contributed by atoms with Crippen molar-refractivity contribution < 1.29 is 19.1 Å². The molecule has 1 N–H and O–H groups in total. The number of amides is 2. The number of hydrogen-bond donors (Lipinski definition) is 1. The lowest BCUT2D eigenvalue weighted by Gasteiger charge is -2.34. The third kappa shape index (κ3) is 6.38. The van der Waals surface area contributed by atoms with Crippen LogP contribution in [0.4, 0.5) is 0 Å². The summed E-state index contributed by atoms with van der Waals surface area (Å²) in [6.07, 6.45) is 5.14. The first-order chi connectivity index (χ1) is 17.5. The van der Waals surface area contributed by atoms with Crippen molar-refractivity contribution in [2.24, 2.45) is 5.92 Å². The van der Waals surface area contributed by atoms with Gasteiger partial charge in [0.05, 0.1) is 14.2 Å². The molecule has 2 heterocycles. The predicted molar refractivity (Wildman–Crippen MR) is 140 cm³/mol. The Morgan fingerprint density at radius 1 is 0.917 bits per heavy atom. The van der Waals surface area contributed by atoms with Crippen LogP contribution in [0.1, 0.15) is 60.5 Å². The van der Waals surface area contributed by atoms with E-state index in [0.717, 1.165) is 13.1 Å². The molecular formula is C29H39N3O4. The van der Waals surface area contributed by atoms with Crippen molar-refractivity contribution in [3.05, 3.63) is 59.2 Å². The summed E-state index contributed by atoms with van der Waals surface area (Å²) < 4.78 is 10.6. The van der Waals surface area contributed by atoms with Crippen molar-refractivity contribution in [3.63, 3.8) is 0 Å². The van der Waals surface area contributed by atoms with Gasteiger partial charge in [0, 0.05) is 49.8 Å². The van der Waals surface area contributed by atoms with Crippen LogP contribution in [0.15, 0.2) is 42.5 Å². The normalized spacial score (nSPS) is 19.1. The molecule has 0 saturated carbocycles. The van der Waals surface area contributed by atoms with Crippen LogP contribution in [0.3, 0.4) is 0 Å². The number of rotatable bonds is 8. The molecule has 194 valence electrons. The molecule has 1 unspecified atom stereocenters. The minimum absolute atomic E-state index is 0.0630. The number of nitrogens with one attached hydrogen (secondary N) is 1. The third-order valence-electron chi connectivity index (χ3n) is 7.64. The van der Waals surface area contributed by atoms with Crippen molar-refractivity contribution in [2.45, 2.75) is 58.2 Å². The number of nitrogens with zero attached hydrogens (tertiary/aromatic N) is 2. The van der Waals surface area contributed by atoms with Crippen molar-refractivity contribution in [2.75, 3.05) is 33.9 Å². The van der Waals surface area contributed by atoms with Gasteiger partial charge in [-0.05, 0) is 62.4 Å². The van der Waals surface area contributed by atoms with Crippen LogP contribution in [0.2, 0.25) is 0 Å². The van der Waals surface area contributed by atoms with Gasteiger partial charge in [-0.15, -0.1) is 0 Å². The maximum absolute atomic E-state index is 13.1. The smallest absolute Gasteiger partial charge is 0.254 e. The Kier molecular flexibility index (Phi) is 8.86. The molecule has 0 radical (unpaired) electrons. The lowest BCUT2D eigenvalue weighted by atomic mass is 9.95. The fourth-order valence-electron chi connectivity index (χ4n) is 5.28. The number of piperidine rings is 2. The molecule has 2 aromatic rings. The maximum atomic E-state index is 13.1. The average molecular weight is 494 g/mol. The van der Waals surface area contributed by atoms with Crippen LogP contribution in [-0.2, 0) is 17.9 Å². The van der Waals surface area contributed by atoms with Gasteiger partial charge in [-0.2, -0.15) is 0 Å². The number of carbonyl (C=O) groups is 2.